The van der Waals surface area contributed by atoms with Crippen molar-refractivity contribution in [2.24, 2.45) is 0 Å². The van der Waals surface area contributed by atoms with Crippen LogP contribution in [-0.2, 0) is 0 Å². The number of hydrogen-bond donors (Lipinski definition) is 1. The Hall–Kier alpha value is -1.59. The van der Waals surface area contributed by atoms with Gasteiger partial charge in [0.25, 0.3) is 0 Å². The number of piperidine rings is 1. The van der Waals surface area contributed by atoms with Crippen LogP contribution in [0.25, 0.3) is 10.8 Å². The fraction of sp³-hybridized carbons (Fsp3) is 0.474. The van der Waals surface area contributed by atoms with E-state index in [0.29, 0.717) is 6.54 Å². The molecule has 2 aromatic carbocycles. The second kappa shape index (κ2) is 7.53. The highest BCUT2D eigenvalue weighted by Gasteiger charge is 2.29. The smallest absolute Gasteiger partial charge is 0.301 e. The monoisotopic (exact) mass is 336 g/mol. The van der Waals surface area contributed by atoms with Gasteiger partial charge in [0, 0.05) is 12.6 Å². The minimum atomic E-state index is -4.20. The van der Waals surface area contributed by atoms with Crippen molar-refractivity contribution in [3.05, 3.63) is 48.0 Å². The average molecular weight is 336 g/mol. The van der Waals surface area contributed by atoms with Crippen LogP contribution in [0.3, 0.4) is 0 Å². The van der Waals surface area contributed by atoms with Gasteiger partial charge in [0.1, 0.15) is 0 Å². The van der Waals surface area contributed by atoms with Crippen LogP contribution in [0.5, 0.6) is 0 Å². The maximum Gasteiger partial charge on any atom is 0.401 e. The maximum atomic E-state index is 12.7. The van der Waals surface area contributed by atoms with E-state index >= 15 is 0 Å². The van der Waals surface area contributed by atoms with Crippen molar-refractivity contribution in [2.45, 2.75) is 31.5 Å². The van der Waals surface area contributed by atoms with E-state index in [4.69, 9.17) is 0 Å². The van der Waals surface area contributed by atoms with Crippen LogP contribution in [0.1, 0.15) is 30.9 Å². The predicted octanol–water partition coefficient (Wildman–Crippen LogP) is 4.52. The van der Waals surface area contributed by atoms with Crippen LogP contribution in [0.2, 0.25) is 0 Å². The Morgan fingerprint density at radius 3 is 2.38 bits per heavy atom. The Bertz CT molecular complexity index is 663. The second-order valence-corrected chi connectivity index (χ2v) is 6.52. The van der Waals surface area contributed by atoms with Crippen molar-refractivity contribution < 1.29 is 13.2 Å². The molecule has 2 aromatic rings. The summed E-state index contributed by atoms with van der Waals surface area (Å²) in [5, 5.41) is 4.89. The Morgan fingerprint density at radius 1 is 0.958 bits per heavy atom. The lowest BCUT2D eigenvalue weighted by Crippen LogP contribution is -2.41. The van der Waals surface area contributed by atoms with Crippen molar-refractivity contribution >= 4 is 10.8 Å². The van der Waals surface area contributed by atoms with Crippen molar-refractivity contribution in [3.63, 3.8) is 0 Å². The van der Waals surface area contributed by atoms with Gasteiger partial charge in [-0.2, -0.15) is 13.2 Å². The SMILES string of the molecule is FC(F)(F)CN[C@@H](CN1CCCCC1)c1ccc2ccccc2c1. The van der Waals surface area contributed by atoms with Crippen LogP contribution in [0.15, 0.2) is 42.5 Å². The highest BCUT2D eigenvalue weighted by Crippen LogP contribution is 2.24. The summed E-state index contributed by atoms with van der Waals surface area (Å²) in [5.74, 6) is 0. The molecule has 0 unspecified atom stereocenters. The molecule has 5 heteroatoms. The van der Waals surface area contributed by atoms with E-state index in [1.807, 2.05) is 42.5 Å². The van der Waals surface area contributed by atoms with E-state index in [-0.39, 0.29) is 6.04 Å². The quantitative estimate of drug-likeness (QED) is 0.864. The molecule has 3 rings (SSSR count). The number of benzene rings is 2. The van der Waals surface area contributed by atoms with Gasteiger partial charge in [0.05, 0.1) is 6.54 Å². The molecular formula is C19H23F3N2. The van der Waals surface area contributed by atoms with Gasteiger partial charge >= 0.3 is 6.18 Å². The zero-order chi connectivity index (χ0) is 17.0. The normalized spacial score (nSPS) is 18.0. The highest BCUT2D eigenvalue weighted by molar-refractivity contribution is 5.83. The molecule has 0 spiro atoms. The molecule has 1 saturated heterocycles. The molecule has 1 heterocycles. The number of likely N-dealkylation sites (tertiary alicyclic amines) is 1. The Kier molecular flexibility index (Phi) is 5.41. The minimum absolute atomic E-state index is 0.311. The zero-order valence-corrected chi connectivity index (χ0v) is 13.6. The third-order valence-electron chi connectivity index (χ3n) is 4.61. The van der Waals surface area contributed by atoms with E-state index < -0.39 is 12.7 Å². The third kappa shape index (κ3) is 4.71. The number of rotatable bonds is 5. The summed E-state index contributed by atoms with van der Waals surface area (Å²) in [6.07, 6.45) is -0.725. The summed E-state index contributed by atoms with van der Waals surface area (Å²) in [5.41, 5.74) is 0.920. The van der Waals surface area contributed by atoms with Crippen molar-refractivity contribution in [1.82, 2.24) is 10.2 Å². The lowest BCUT2D eigenvalue weighted by molar-refractivity contribution is -0.126. The lowest BCUT2D eigenvalue weighted by Gasteiger charge is -2.31. The lowest BCUT2D eigenvalue weighted by atomic mass is 10.0. The molecule has 1 atom stereocenters. The molecule has 1 aliphatic rings. The summed E-state index contributed by atoms with van der Waals surface area (Å²) in [6, 6.07) is 13.6. The molecule has 130 valence electrons. The van der Waals surface area contributed by atoms with Crippen LogP contribution in [-0.4, -0.2) is 37.3 Å². The molecule has 0 bridgehead atoms. The second-order valence-electron chi connectivity index (χ2n) is 6.52. The van der Waals surface area contributed by atoms with E-state index in [0.717, 1.165) is 42.3 Å². The fourth-order valence-corrected chi connectivity index (χ4v) is 3.35. The highest BCUT2D eigenvalue weighted by atomic mass is 19.4. The van der Waals surface area contributed by atoms with Gasteiger partial charge in [-0.1, -0.05) is 42.8 Å². The van der Waals surface area contributed by atoms with Crippen LogP contribution in [0, 0.1) is 0 Å². The van der Waals surface area contributed by atoms with Crippen molar-refractivity contribution in [1.29, 1.82) is 0 Å². The summed E-state index contributed by atoms with van der Waals surface area (Å²) in [4.78, 5) is 2.27. The molecule has 1 fully saturated rings. The van der Waals surface area contributed by atoms with Gasteiger partial charge in [-0.3, -0.25) is 0 Å². The van der Waals surface area contributed by atoms with Crippen LogP contribution in [0.4, 0.5) is 13.2 Å². The summed E-state index contributed by atoms with van der Waals surface area (Å²) in [7, 11) is 0. The molecule has 1 N–H and O–H groups in total. The zero-order valence-electron chi connectivity index (χ0n) is 13.6. The number of halogens is 3. The molecule has 1 aliphatic heterocycles. The Balaban J connectivity index is 1.80. The largest absolute Gasteiger partial charge is 0.401 e. The average Bonchev–Trinajstić information content (AvgIpc) is 2.58. The van der Waals surface area contributed by atoms with Gasteiger partial charge < -0.3 is 10.2 Å². The maximum absolute atomic E-state index is 12.7. The number of fused-ring (bicyclic) bond motifs is 1. The standard InChI is InChI=1S/C19H23F3N2/c20-19(21,22)14-23-18(13-24-10-4-1-5-11-24)17-9-8-15-6-2-3-7-16(15)12-17/h2-3,6-9,12,18,23H,1,4-5,10-11,13-14H2/t18-/m0/s1. The van der Waals surface area contributed by atoms with E-state index in [1.54, 1.807) is 0 Å². The first kappa shape index (κ1) is 17.2. The summed E-state index contributed by atoms with van der Waals surface area (Å²) in [6.45, 7) is 1.60. The first-order chi connectivity index (χ1) is 11.5. The molecular weight excluding hydrogens is 313 g/mol. The fourth-order valence-electron chi connectivity index (χ4n) is 3.35. The van der Waals surface area contributed by atoms with E-state index in [1.165, 1.54) is 6.42 Å². The number of nitrogens with one attached hydrogen (secondary N) is 1. The Labute approximate surface area is 140 Å². The minimum Gasteiger partial charge on any atom is -0.301 e. The molecule has 0 amide bonds. The summed E-state index contributed by atoms with van der Waals surface area (Å²) >= 11 is 0. The first-order valence-electron chi connectivity index (χ1n) is 8.52. The molecule has 2 nitrogen and oxygen atoms in total. The van der Waals surface area contributed by atoms with Crippen molar-refractivity contribution in [3.8, 4) is 0 Å². The Morgan fingerprint density at radius 2 is 1.67 bits per heavy atom. The number of alkyl halides is 3. The molecule has 24 heavy (non-hydrogen) atoms. The number of hydrogen-bond acceptors (Lipinski definition) is 2. The van der Waals surface area contributed by atoms with E-state index in [2.05, 4.69) is 10.2 Å². The summed E-state index contributed by atoms with van der Waals surface area (Å²) < 4.78 is 38.1. The van der Waals surface area contributed by atoms with Gasteiger partial charge in [0.2, 0.25) is 0 Å². The van der Waals surface area contributed by atoms with Gasteiger partial charge in [-0.05, 0) is 48.3 Å². The van der Waals surface area contributed by atoms with Crippen LogP contribution < -0.4 is 5.32 Å². The number of nitrogens with zero attached hydrogens (tertiary/aromatic N) is 1. The third-order valence-corrected chi connectivity index (χ3v) is 4.61. The van der Waals surface area contributed by atoms with Crippen molar-refractivity contribution in [2.75, 3.05) is 26.2 Å². The molecule has 0 saturated carbocycles. The van der Waals surface area contributed by atoms with Gasteiger partial charge in [0.15, 0.2) is 0 Å². The first-order valence-corrected chi connectivity index (χ1v) is 8.52. The van der Waals surface area contributed by atoms with Gasteiger partial charge in [-0.25, -0.2) is 0 Å². The molecule has 0 aliphatic carbocycles. The van der Waals surface area contributed by atoms with Crippen LogP contribution >= 0.6 is 0 Å². The van der Waals surface area contributed by atoms with Gasteiger partial charge in [-0.15, -0.1) is 0 Å². The molecule has 0 aromatic heterocycles. The topological polar surface area (TPSA) is 15.3 Å². The molecule has 0 radical (unpaired) electrons. The predicted molar refractivity (Wildman–Crippen MR) is 91.0 cm³/mol. The van der Waals surface area contributed by atoms with E-state index in [9.17, 15) is 13.2 Å².